The monoisotopic (exact) mass is 1400 g/mol. The summed E-state index contributed by atoms with van der Waals surface area (Å²) >= 11 is 0. The molecule has 3 aliphatic rings. The predicted molar refractivity (Wildman–Crippen MR) is 357 cm³/mol. The summed E-state index contributed by atoms with van der Waals surface area (Å²) in [6, 6.07) is 19.8. The number of H-pyrrole nitrogens is 3. The number of anilines is 3. The Balaban J connectivity index is 0.000000148. The standard InChI is InChI=1S/3C22H21FN6O3.2CH2O2/c2*1-2-31-16-8-15(9-16)29-12-18(21(28-29)17-7-14(23)5-6-24-17)27-22(30)20-4-3-19(32-20)13-10-25-26-11-13;1-2-31-15-8-14(9-15)29-12-17(21(28-29)16-4-3-5-20(23)26-16)27-22(30)19-7-6-18(32-19)13-10-24-25-11-13;2*2-1-3/h2*3-7,10-12,15-16H,2,8-9H2,1H3,(H,25,26)(H,27,30);3-7,10-12,14-15H,2,8-9H2,1H3,(H,24,25)(H,27,30);2*1H,(H,2,3). The lowest BCUT2D eigenvalue weighted by atomic mass is 9.89. The van der Waals surface area contributed by atoms with E-state index in [1.165, 1.54) is 42.7 Å². The van der Waals surface area contributed by atoms with Crippen LogP contribution in [0.2, 0.25) is 0 Å². The number of aromatic amines is 3. The summed E-state index contributed by atoms with van der Waals surface area (Å²) in [7, 11) is 0. The third kappa shape index (κ3) is 17.3. The van der Waals surface area contributed by atoms with Crippen molar-refractivity contribution < 1.29 is 74.8 Å². The van der Waals surface area contributed by atoms with E-state index in [2.05, 4.69) is 76.8 Å². The smallest absolute Gasteiger partial charge is 0.291 e. The van der Waals surface area contributed by atoms with Crippen molar-refractivity contribution in [1.82, 2.24) is 74.9 Å². The van der Waals surface area contributed by atoms with Crippen LogP contribution in [0.3, 0.4) is 0 Å². The largest absolute Gasteiger partial charge is 0.483 e. The summed E-state index contributed by atoms with van der Waals surface area (Å²) < 4.78 is 80.6. The Morgan fingerprint density at radius 3 is 1.14 bits per heavy atom. The van der Waals surface area contributed by atoms with Gasteiger partial charge in [-0.1, -0.05) is 6.07 Å². The molecule has 0 radical (unpaired) electrons. The van der Waals surface area contributed by atoms with Crippen molar-refractivity contribution in [1.29, 1.82) is 0 Å². The van der Waals surface area contributed by atoms with Crippen molar-refractivity contribution in [2.45, 2.75) is 95.7 Å². The fraction of sp³-hybridized carbons (Fsp3) is 0.265. The van der Waals surface area contributed by atoms with Gasteiger partial charge in [-0.25, -0.2) is 13.8 Å². The van der Waals surface area contributed by atoms with Crippen LogP contribution in [0.5, 0.6) is 0 Å². The number of rotatable bonds is 21. The van der Waals surface area contributed by atoms with E-state index in [0.29, 0.717) is 88.3 Å². The molecule has 12 heterocycles. The zero-order valence-electron chi connectivity index (χ0n) is 54.7. The molecule has 102 heavy (non-hydrogen) atoms. The zero-order valence-corrected chi connectivity index (χ0v) is 54.7. The summed E-state index contributed by atoms with van der Waals surface area (Å²) in [6.45, 7) is 7.40. The second-order valence-electron chi connectivity index (χ2n) is 22.8. The Morgan fingerprint density at radius 1 is 0.510 bits per heavy atom. The van der Waals surface area contributed by atoms with Gasteiger partial charge in [-0.05, 0) is 120 Å². The number of hydrogen-bond acceptors (Lipinski definition) is 20. The quantitative estimate of drug-likeness (QED) is 0.0245. The minimum Gasteiger partial charge on any atom is -0.483 e. The lowest BCUT2D eigenvalue weighted by molar-refractivity contribution is -0.123. The first kappa shape index (κ1) is 70.9. The molecule has 0 unspecified atom stereocenters. The summed E-state index contributed by atoms with van der Waals surface area (Å²) in [5.41, 5.74) is 5.63. The number of nitrogens with one attached hydrogen (secondary N) is 6. The number of carboxylic acid groups (broad SMARTS) is 2. The molecule has 0 aliphatic heterocycles. The highest BCUT2D eigenvalue weighted by Gasteiger charge is 2.36. The molecule has 3 saturated carbocycles. The molecular formula is C68H67F3N18O13. The van der Waals surface area contributed by atoms with Crippen LogP contribution in [-0.2, 0) is 23.8 Å². The van der Waals surface area contributed by atoms with Crippen molar-refractivity contribution in [3.05, 3.63) is 182 Å². The van der Waals surface area contributed by atoms with Crippen molar-refractivity contribution in [2.75, 3.05) is 35.8 Å². The van der Waals surface area contributed by atoms with Gasteiger partial charge in [-0.3, -0.25) is 63.3 Å². The fourth-order valence-electron chi connectivity index (χ4n) is 11.1. The molecule has 8 N–H and O–H groups in total. The highest BCUT2D eigenvalue weighted by molar-refractivity contribution is 6.06. The van der Waals surface area contributed by atoms with Crippen LogP contribution in [0.15, 0.2) is 160 Å². The van der Waals surface area contributed by atoms with E-state index in [-0.39, 0.29) is 66.7 Å². The maximum atomic E-state index is 13.8. The summed E-state index contributed by atoms with van der Waals surface area (Å²) in [5.74, 6) is -0.880. The molecule has 0 aromatic carbocycles. The summed E-state index contributed by atoms with van der Waals surface area (Å²) in [6.07, 6.45) is 23.3. The van der Waals surface area contributed by atoms with Gasteiger partial charge in [0.05, 0.1) is 106 Å². The Morgan fingerprint density at radius 2 is 0.843 bits per heavy atom. The first-order valence-corrected chi connectivity index (χ1v) is 32.0. The van der Waals surface area contributed by atoms with Crippen LogP contribution in [-0.4, -0.2) is 154 Å². The molecule has 0 bridgehead atoms. The Kier molecular flexibility index (Phi) is 23.2. The van der Waals surface area contributed by atoms with E-state index >= 15 is 0 Å². The molecule has 3 fully saturated rings. The molecule has 31 nitrogen and oxygen atoms in total. The van der Waals surface area contributed by atoms with E-state index in [0.717, 1.165) is 55.2 Å². The van der Waals surface area contributed by atoms with Gasteiger partial charge >= 0.3 is 0 Å². The Labute approximate surface area is 576 Å². The van der Waals surface area contributed by atoms with Gasteiger partial charge in [-0.2, -0.15) is 35.0 Å². The van der Waals surface area contributed by atoms with Crippen LogP contribution in [0.25, 0.3) is 68.1 Å². The summed E-state index contributed by atoms with van der Waals surface area (Å²) in [4.78, 5) is 67.7. The maximum Gasteiger partial charge on any atom is 0.291 e. The second kappa shape index (κ2) is 33.4. The van der Waals surface area contributed by atoms with Gasteiger partial charge in [0.1, 0.15) is 46.0 Å². The Hall–Kier alpha value is -12.4. The van der Waals surface area contributed by atoms with Gasteiger partial charge in [-0.15, -0.1) is 0 Å². The number of carbonyl (C=O) groups excluding carboxylic acids is 3. The third-order valence-corrected chi connectivity index (χ3v) is 16.2. The number of carbonyl (C=O) groups is 5. The van der Waals surface area contributed by atoms with E-state index in [1.807, 2.05) is 20.8 Å². The summed E-state index contributed by atoms with van der Waals surface area (Å²) in [5, 5.41) is 55.8. The number of aromatic nitrogens is 15. The van der Waals surface area contributed by atoms with E-state index in [9.17, 15) is 27.6 Å². The van der Waals surface area contributed by atoms with Crippen LogP contribution < -0.4 is 16.0 Å². The van der Waals surface area contributed by atoms with Crippen molar-refractivity contribution in [2.24, 2.45) is 0 Å². The number of pyridine rings is 3. The third-order valence-electron chi connectivity index (χ3n) is 16.2. The maximum absolute atomic E-state index is 13.8. The average Bonchev–Trinajstić information content (AvgIpc) is 1.64. The lowest BCUT2D eigenvalue weighted by Crippen LogP contribution is -2.33. The molecule has 528 valence electrons. The Bertz CT molecular complexity index is 4260. The van der Waals surface area contributed by atoms with Crippen molar-refractivity contribution in [3.63, 3.8) is 0 Å². The first-order valence-electron chi connectivity index (χ1n) is 32.0. The molecular weight excluding hydrogens is 1330 g/mol. The molecule has 12 aromatic rings. The van der Waals surface area contributed by atoms with Crippen LogP contribution in [0.4, 0.5) is 30.2 Å². The topological polar surface area (TPSA) is 407 Å². The number of hydrogen-bond donors (Lipinski definition) is 8. The minimum absolute atomic E-state index is 0.132. The van der Waals surface area contributed by atoms with Gasteiger partial charge in [0.15, 0.2) is 17.3 Å². The van der Waals surface area contributed by atoms with Crippen LogP contribution in [0.1, 0.15) is 109 Å². The van der Waals surface area contributed by atoms with Crippen LogP contribution >= 0.6 is 0 Å². The molecule has 0 atom stereocenters. The molecule has 12 aromatic heterocycles. The van der Waals surface area contributed by atoms with Gasteiger partial charge in [0.2, 0.25) is 5.95 Å². The molecule has 15 rings (SSSR count). The van der Waals surface area contributed by atoms with Crippen molar-refractivity contribution >= 4 is 47.7 Å². The fourth-order valence-corrected chi connectivity index (χ4v) is 11.1. The normalized spacial score (nSPS) is 17.0. The average molecular weight is 1400 g/mol. The highest BCUT2D eigenvalue weighted by atomic mass is 19.1. The molecule has 3 amide bonds. The number of furan rings is 3. The number of nitrogens with zero attached hydrogens (tertiary/aromatic N) is 12. The lowest BCUT2D eigenvalue weighted by Gasteiger charge is -2.34. The van der Waals surface area contributed by atoms with Gasteiger partial charge in [0, 0.05) is 81.5 Å². The molecule has 0 saturated heterocycles. The molecule has 3 aliphatic carbocycles. The molecule has 34 heteroatoms. The number of halogens is 3. The predicted octanol–water partition coefficient (Wildman–Crippen LogP) is 11.6. The van der Waals surface area contributed by atoms with Crippen molar-refractivity contribution in [3.8, 4) is 68.1 Å². The first-order chi connectivity index (χ1) is 49.6. The number of amides is 3. The minimum atomic E-state index is -0.620. The number of ether oxygens (including phenoxy) is 3. The van der Waals surface area contributed by atoms with Gasteiger partial charge in [0.25, 0.3) is 30.7 Å². The second-order valence-corrected chi connectivity index (χ2v) is 22.8. The van der Waals surface area contributed by atoms with E-state index in [4.69, 9.17) is 47.3 Å². The SMILES string of the molecule is CCOC1CC(n2cc(NC(=O)c3ccc(-c4cn[nH]c4)o3)c(-c3cc(F)ccn3)n2)C1.CCOC1CC(n2cc(NC(=O)c3ccc(-c4cn[nH]c4)o3)c(-c3cc(F)ccn3)n2)C1.CCOC1CC(n2cc(NC(=O)c3ccc(-c4cn[nH]c4)o3)c(-c3cccc(F)n3)n2)C1.O=CO.O=CO. The highest BCUT2D eigenvalue weighted by Crippen LogP contribution is 2.41. The molecule has 0 spiro atoms. The zero-order chi connectivity index (χ0) is 71.7. The van der Waals surface area contributed by atoms with Gasteiger partial charge < -0.3 is 53.6 Å². The van der Waals surface area contributed by atoms with Crippen LogP contribution in [0, 0.1) is 17.6 Å². The van der Waals surface area contributed by atoms with E-state index < -0.39 is 35.3 Å². The van der Waals surface area contributed by atoms with E-state index in [1.54, 1.807) is 118 Å².